The highest BCUT2D eigenvalue weighted by atomic mass is 16.3. The third kappa shape index (κ3) is 3.72. The molecule has 10 rings (SSSR count). The van der Waals surface area contributed by atoms with Crippen molar-refractivity contribution < 1.29 is 13.3 Å². The number of hydrogen-bond acceptors (Lipinski definition) is 6. The molecule has 10 aromatic rings. The van der Waals surface area contributed by atoms with Crippen LogP contribution in [-0.4, -0.2) is 15.0 Å². The van der Waals surface area contributed by atoms with Gasteiger partial charge in [-0.05, 0) is 102 Å². The summed E-state index contributed by atoms with van der Waals surface area (Å²) in [5.74, 6) is 0. The zero-order valence-electron chi connectivity index (χ0n) is 23.7. The first-order valence-electron chi connectivity index (χ1n) is 14.7. The van der Waals surface area contributed by atoms with Crippen LogP contribution in [0, 0.1) is 0 Å². The maximum Gasteiger partial charge on any atom is 0.153 e. The van der Waals surface area contributed by atoms with Gasteiger partial charge in [0.1, 0.15) is 27.8 Å². The van der Waals surface area contributed by atoms with E-state index >= 15 is 0 Å². The molecule has 0 aliphatic carbocycles. The summed E-state index contributed by atoms with van der Waals surface area (Å²) in [5.41, 5.74) is 11.8. The van der Waals surface area contributed by atoms with Crippen LogP contribution < -0.4 is 0 Å². The standard InChI is InChI=1S/C39H21N3O3/c1-3-31(24-8-12-33-27(19-24)26-14-16-40-21-38(26)45-33)42-32(4-1)25-9-13-35-29(20-25)28-17-22(6-10-34(28)43-35)23-7-11-36-30(18-23)39-37(44-36)5-2-15-41-39/h1-21H. The molecule has 0 aliphatic heterocycles. The second kappa shape index (κ2) is 9.11. The zero-order chi connectivity index (χ0) is 29.5. The summed E-state index contributed by atoms with van der Waals surface area (Å²) in [6.45, 7) is 0. The Morgan fingerprint density at radius 2 is 0.956 bits per heavy atom. The maximum absolute atomic E-state index is 6.25. The zero-order valence-corrected chi connectivity index (χ0v) is 23.7. The van der Waals surface area contributed by atoms with Crippen LogP contribution in [-0.2, 0) is 0 Å². The normalized spacial score (nSPS) is 12.0. The minimum absolute atomic E-state index is 0.780. The van der Waals surface area contributed by atoms with Crippen LogP contribution in [0.1, 0.15) is 0 Å². The number of nitrogens with zero attached hydrogens (tertiary/aromatic N) is 3. The lowest BCUT2D eigenvalue weighted by atomic mass is 10.0. The van der Waals surface area contributed by atoms with Gasteiger partial charge >= 0.3 is 0 Å². The fourth-order valence-corrected chi connectivity index (χ4v) is 6.44. The third-order valence-electron chi connectivity index (χ3n) is 8.64. The second-order valence-corrected chi connectivity index (χ2v) is 11.3. The molecule has 6 nitrogen and oxygen atoms in total. The molecule has 0 saturated heterocycles. The van der Waals surface area contributed by atoms with E-state index in [2.05, 4.69) is 64.6 Å². The van der Waals surface area contributed by atoms with E-state index in [0.29, 0.717) is 0 Å². The molecule has 6 heterocycles. The molecule has 0 unspecified atom stereocenters. The highest BCUT2D eigenvalue weighted by Crippen LogP contribution is 2.37. The Kier molecular flexibility index (Phi) is 4.90. The van der Waals surface area contributed by atoms with E-state index < -0.39 is 0 Å². The Morgan fingerprint density at radius 1 is 0.400 bits per heavy atom. The molecule has 0 spiro atoms. The molecule has 0 fully saturated rings. The van der Waals surface area contributed by atoms with Gasteiger partial charge in [-0.1, -0.05) is 18.2 Å². The Morgan fingerprint density at radius 3 is 1.67 bits per heavy atom. The number of benzene rings is 4. The first kappa shape index (κ1) is 24.2. The Labute approximate surface area is 255 Å². The molecule has 0 amide bonds. The molecule has 0 aliphatic rings. The number of pyridine rings is 3. The first-order chi connectivity index (χ1) is 22.2. The summed E-state index contributed by atoms with van der Waals surface area (Å²) < 4.78 is 18.2. The number of hydrogen-bond donors (Lipinski definition) is 0. The summed E-state index contributed by atoms with van der Waals surface area (Å²) in [6.07, 6.45) is 5.34. The quantitative estimate of drug-likeness (QED) is 0.207. The minimum atomic E-state index is 0.780. The van der Waals surface area contributed by atoms with Gasteiger partial charge in [0.05, 0.1) is 17.6 Å². The molecular formula is C39H21N3O3. The maximum atomic E-state index is 6.25. The fourth-order valence-electron chi connectivity index (χ4n) is 6.44. The molecule has 6 aromatic heterocycles. The van der Waals surface area contributed by atoms with Gasteiger partial charge in [-0.15, -0.1) is 0 Å². The molecule has 4 aromatic carbocycles. The summed E-state index contributed by atoms with van der Waals surface area (Å²) in [4.78, 5) is 13.8. The topological polar surface area (TPSA) is 78.1 Å². The molecule has 0 bridgehead atoms. The predicted octanol–water partition coefficient (Wildman–Crippen LogP) is 10.6. The average Bonchev–Trinajstić information content (AvgIpc) is 3.78. The van der Waals surface area contributed by atoms with Crippen molar-refractivity contribution in [1.82, 2.24) is 15.0 Å². The summed E-state index contributed by atoms with van der Waals surface area (Å²) >= 11 is 0. The van der Waals surface area contributed by atoms with E-state index in [1.807, 2.05) is 54.6 Å². The van der Waals surface area contributed by atoms with Gasteiger partial charge in [0, 0.05) is 50.5 Å². The fraction of sp³-hybridized carbons (Fsp3) is 0. The van der Waals surface area contributed by atoms with E-state index in [-0.39, 0.29) is 0 Å². The molecule has 0 radical (unpaired) electrons. The smallest absolute Gasteiger partial charge is 0.153 e. The summed E-state index contributed by atoms with van der Waals surface area (Å²) in [6, 6.07) is 37.1. The van der Waals surface area contributed by atoms with Crippen molar-refractivity contribution in [2.24, 2.45) is 0 Å². The first-order valence-corrected chi connectivity index (χ1v) is 14.7. The predicted molar refractivity (Wildman–Crippen MR) is 178 cm³/mol. The SMILES string of the molecule is c1cc(-c2ccc3oc4cnccc4c3c2)nc(-c2ccc3oc4ccc(-c5ccc6oc7cccnc7c6c5)cc4c3c2)c1. The van der Waals surface area contributed by atoms with Gasteiger partial charge in [0.25, 0.3) is 0 Å². The van der Waals surface area contributed by atoms with Crippen LogP contribution in [0.2, 0.25) is 0 Å². The van der Waals surface area contributed by atoms with Crippen LogP contribution in [0.3, 0.4) is 0 Å². The molecule has 0 atom stereocenters. The lowest BCUT2D eigenvalue weighted by Gasteiger charge is -2.06. The van der Waals surface area contributed by atoms with E-state index in [4.69, 9.17) is 18.2 Å². The van der Waals surface area contributed by atoms with Crippen LogP contribution >= 0.6 is 0 Å². The van der Waals surface area contributed by atoms with E-state index in [9.17, 15) is 0 Å². The monoisotopic (exact) mass is 579 g/mol. The lowest BCUT2D eigenvalue weighted by Crippen LogP contribution is -1.88. The van der Waals surface area contributed by atoms with E-state index in [0.717, 1.165) is 99.6 Å². The van der Waals surface area contributed by atoms with Gasteiger partial charge < -0.3 is 13.3 Å². The van der Waals surface area contributed by atoms with Gasteiger partial charge in [-0.2, -0.15) is 0 Å². The Bertz CT molecular complexity index is 2790. The number of rotatable bonds is 3. The van der Waals surface area contributed by atoms with Gasteiger partial charge in [0.15, 0.2) is 11.2 Å². The summed E-state index contributed by atoms with van der Waals surface area (Å²) in [7, 11) is 0. The van der Waals surface area contributed by atoms with Gasteiger partial charge in [-0.3, -0.25) is 9.97 Å². The molecule has 0 N–H and O–H groups in total. The molecule has 210 valence electrons. The Hall–Kier alpha value is -6.27. The largest absolute Gasteiger partial charge is 0.456 e. The van der Waals surface area contributed by atoms with E-state index in [1.165, 1.54) is 0 Å². The molecule has 0 saturated carbocycles. The summed E-state index contributed by atoms with van der Waals surface area (Å²) in [5, 5.41) is 5.21. The minimum Gasteiger partial charge on any atom is -0.456 e. The van der Waals surface area contributed by atoms with Crippen molar-refractivity contribution in [3.05, 3.63) is 128 Å². The van der Waals surface area contributed by atoms with Crippen molar-refractivity contribution in [3.63, 3.8) is 0 Å². The number of fused-ring (bicyclic) bond motifs is 9. The van der Waals surface area contributed by atoms with Crippen molar-refractivity contribution in [1.29, 1.82) is 0 Å². The number of furan rings is 3. The van der Waals surface area contributed by atoms with Crippen LogP contribution in [0.15, 0.2) is 141 Å². The average molecular weight is 580 g/mol. The molecule has 45 heavy (non-hydrogen) atoms. The van der Waals surface area contributed by atoms with Crippen LogP contribution in [0.25, 0.3) is 99.6 Å². The van der Waals surface area contributed by atoms with Crippen LogP contribution in [0.4, 0.5) is 0 Å². The van der Waals surface area contributed by atoms with E-state index in [1.54, 1.807) is 18.6 Å². The molecular weight excluding hydrogens is 558 g/mol. The second-order valence-electron chi connectivity index (χ2n) is 11.3. The highest BCUT2D eigenvalue weighted by Gasteiger charge is 2.14. The van der Waals surface area contributed by atoms with Gasteiger partial charge in [-0.25, -0.2) is 4.98 Å². The van der Waals surface area contributed by atoms with Crippen molar-refractivity contribution in [3.8, 4) is 33.6 Å². The van der Waals surface area contributed by atoms with Crippen molar-refractivity contribution in [2.45, 2.75) is 0 Å². The van der Waals surface area contributed by atoms with Crippen LogP contribution in [0.5, 0.6) is 0 Å². The molecule has 6 heteroatoms. The highest BCUT2D eigenvalue weighted by molar-refractivity contribution is 6.09. The van der Waals surface area contributed by atoms with Crippen molar-refractivity contribution >= 4 is 65.9 Å². The third-order valence-corrected chi connectivity index (χ3v) is 8.64. The number of aromatic nitrogens is 3. The van der Waals surface area contributed by atoms with Crippen molar-refractivity contribution in [2.75, 3.05) is 0 Å². The van der Waals surface area contributed by atoms with Gasteiger partial charge in [0.2, 0.25) is 0 Å². The lowest BCUT2D eigenvalue weighted by molar-refractivity contribution is 0.667. The Balaban J connectivity index is 1.07.